The van der Waals surface area contributed by atoms with Crippen LogP contribution in [0.25, 0.3) is 21.9 Å². The summed E-state index contributed by atoms with van der Waals surface area (Å²) >= 11 is 0. The van der Waals surface area contributed by atoms with Gasteiger partial charge in [0.1, 0.15) is 16.9 Å². The first-order valence-electron chi connectivity index (χ1n) is 9.36. The van der Waals surface area contributed by atoms with Crippen molar-refractivity contribution in [1.82, 2.24) is 4.90 Å². The van der Waals surface area contributed by atoms with Gasteiger partial charge in [-0.15, -0.1) is 0 Å². The van der Waals surface area contributed by atoms with Crippen molar-refractivity contribution < 1.29 is 18.7 Å². The highest BCUT2D eigenvalue weighted by atomic mass is 16.5. The summed E-state index contributed by atoms with van der Waals surface area (Å²) in [5.41, 5.74) is 2.14. The average molecular weight is 368 g/mol. The van der Waals surface area contributed by atoms with E-state index in [4.69, 9.17) is 13.9 Å². The molecule has 2 amide bonds. The molecule has 1 N–H and O–H groups in total. The lowest BCUT2D eigenvalue weighted by atomic mass is 10.1. The highest BCUT2D eigenvalue weighted by Gasteiger charge is 2.25. The molecule has 0 aliphatic carbocycles. The molecule has 1 saturated heterocycles. The van der Waals surface area contributed by atoms with Gasteiger partial charge in [0.05, 0.1) is 18.9 Å². The van der Waals surface area contributed by atoms with Crippen LogP contribution in [0.5, 0.6) is 5.75 Å². The van der Waals surface area contributed by atoms with Gasteiger partial charge in [-0.2, -0.15) is 0 Å². The fourth-order valence-corrected chi connectivity index (χ4v) is 3.71. The molecule has 1 fully saturated rings. The molecule has 6 nitrogen and oxygen atoms in total. The summed E-state index contributed by atoms with van der Waals surface area (Å²) in [7, 11) is 1.60. The SMILES string of the molecule is CCO[C@@H]1CCCN(C(=O)Nc2cc3oc4ccccc4c3cc2OC)C1. The lowest BCUT2D eigenvalue weighted by molar-refractivity contribution is 0.0181. The third-order valence-electron chi connectivity index (χ3n) is 5.01. The summed E-state index contributed by atoms with van der Waals surface area (Å²) in [4.78, 5) is 14.6. The van der Waals surface area contributed by atoms with Crippen molar-refractivity contribution in [2.24, 2.45) is 0 Å². The van der Waals surface area contributed by atoms with Gasteiger partial charge in [0.2, 0.25) is 0 Å². The van der Waals surface area contributed by atoms with Crippen molar-refractivity contribution >= 4 is 33.7 Å². The Hall–Kier alpha value is -2.73. The number of carbonyl (C=O) groups excluding carboxylic acids is 1. The van der Waals surface area contributed by atoms with E-state index in [1.807, 2.05) is 43.3 Å². The lowest BCUT2D eigenvalue weighted by Crippen LogP contribution is -2.45. The van der Waals surface area contributed by atoms with E-state index >= 15 is 0 Å². The van der Waals surface area contributed by atoms with Gasteiger partial charge < -0.3 is 24.1 Å². The number of anilines is 1. The van der Waals surface area contributed by atoms with Crippen molar-refractivity contribution in [2.75, 3.05) is 32.1 Å². The van der Waals surface area contributed by atoms with Crippen LogP contribution in [0.1, 0.15) is 19.8 Å². The molecule has 2 heterocycles. The zero-order chi connectivity index (χ0) is 18.8. The molecule has 0 radical (unpaired) electrons. The van der Waals surface area contributed by atoms with Crippen LogP contribution < -0.4 is 10.1 Å². The summed E-state index contributed by atoms with van der Waals surface area (Å²) in [5, 5.41) is 4.97. The number of nitrogens with one attached hydrogen (secondary N) is 1. The van der Waals surface area contributed by atoms with Gasteiger partial charge >= 0.3 is 6.03 Å². The van der Waals surface area contributed by atoms with E-state index in [2.05, 4.69) is 5.32 Å². The van der Waals surface area contributed by atoms with Gasteiger partial charge in [-0.25, -0.2) is 4.79 Å². The second-order valence-electron chi connectivity index (χ2n) is 6.74. The molecule has 142 valence electrons. The molecule has 1 aliphatic rings. The Morgan fingerprint density at radius 3 is 2.93 bits per heavy atom. The molecule has 0 spiro atoms. The summed E-state index contributed by atoms with van der Waals surface area (Å²) in [6.45, 7) is 3.97. The van der Waals surface area contributed by atoms with Gasteiger partial charge in [0.25, 0.3) is 0 Å². The van der Waals surface area contributed by atoms with Gasteiger partial charge in [0.15, 0.2) is 0 Å². The maximum Gasteiger partial charge on any atom is 0.322 e. The van der Waals surface area contributed by atoms with Crippen LogP contribution in [0.4, 0.5) is 10.5 Å². The number of carbonyl (C=O) groups is 1. The fourth-order valence-electron chi connectivity index (χ4n) is 3.71. The van der Waals surface area contributed by atoms with Gasteiger partial charge in [-0.1, -0.05) is 18.2 Å². The summed E-state index contributed by atoms with van der Waals surface area (Å²) in [6, 6.07) is 11.5. The number of rotatable bonds is 4. The largest absolute Gasteiger partial charge is 0.495 e. The third-order valence-corrected chi connectivity index (χ3v) is 5.01. The number of hydrogen-bond acceptors (Lipinski definition) is 4. The number of amides is 2. The Labute approximate surface area is 158 Å². The Kier molecular flexibility index (Phi) is 4.90. The zero-order valence-corrected chi connectivity index (χ0v) is 15.7. The van der Waals surface area contributed by atoms with E-state index in [1.54, 1.807) is 12.0 Å². The maximum atomic E-state index is 12.8. The number of likely N-dealkylation sites (tertiary alicyclic amines) is 1. The molecule has 1 atom stereocenters. The zero-order valence-electron chi connectivity index (χ0n) is 15.7. The fraction of sp³-hybridized carbons (Fsp3) is 0.381. The van der Waals surface area contributed by atoms with E-state index in [1.165, 1.54) is 0 Å². The Morgan fingerprint density at radius 1 is 1.26 bits per heavy atom. The van der Waals surface area contributed by atoms with Gasteiger partial charge in [-0.3, -0.25) is 0 Å². The van der Waals surface area contributed by atoms with E-state index in [9.17, 15) is 4.79 Å². The number of furan rings is 1. The summed E-state index contributed by atoms with van der Waals surface area (Å²) < 4.78 is 17.1. The number of ether oxygens (including phenoxy) is 2. The molecule has 3 aromatic rings. The van der Waals surface area contributed by atoms with Crippen molar-refractivity contribution in [1.29, 1.82) is 0 Å². The second kappa shape index (κ2) is 7.48. The minimum absolute atomic E-state index is 0.106. The second-order valence-corrected chi connectivity index (χ2v) is 6.74. The number of methoxy groups -OCH3 is 1. The molecule has 4 rings (SSSR count). The number of piperidine rings is 1. The predicted octanol–water partition coefficient (Wildman–Crippen LogP) is 4.63. The summed E-state index contributed by atoms with van der Waals surface area (Å²) in [5.74, 6) is 0.612. The van der Waals surface area contributed by atoms with E-state index in [0.717, 1.165) is 41.3 Å². The summed E-state index contributed by atoms with van der Waals surface area (Å²) in [6.07, 6.45) is 2.04. The number of hydrogen-bond donors (Lipinski definition) is 1. The molecule has 0 unspecified atom stereocenters. The molecule has 2 aromatic carbocycles. The molecular weight excluding hydrogens is 344 g/mol. The molecule has 1 aromatic heterocycles. The van der Waals surface area contributed by atoms with Crippen molar-refractivity contribution in [3.8, 4) is 5.75 Å². The number of urea groups is 1. The predicted molar refractivity (Wildman–Crippen MR) is 106 cm³/mol. The number of benzene rings is 2. The average Bonchev–Trinajstić information content (AvgIpc) is 3.05. The molecular formula is C21H24N2O4. The van der Waals surface area contributed by atoms with Crippen LogP contribution in [0.3, 0.4) is 0 Å². The Bertz CT molecular complexity index is 963. The molecule has 0 saturated carbocycles. The van der Waals surface area contributed by atoms with E-state index < -0.39 is 0 Å². The topological polar surface area (TPSA) is 63.9 Å². The normalized spacial score (nSPS) is 17.4. The minimum Gasteiger partial charge on any atom is -0.495 e. The third kappa shape index (κ3) is 3.45. The van der Waals surface area contributed by atoms with E-state index in [0.29, 0.717) is 24.6 Å². The smallest absolute Gasteiger partial charge is 0.322 e. The first-order chi connectivity index (χ1) is 13.2. The van der Waals surface area contributed by atoms with Crippen LogP contribution >= 0.6 is 0 Å². The van der Waals surface area contributed by atoms with Crippen LogP contribution in [-0.2, 0) is 4.74 Å². The quantitative estimate of drug-likeness (QED) is 0.729. The monoisotopic (exact) mass is 368 g/mol. The Morgan fingerprint density at radius 2 is 2.11 bits per heavy atom. The van der Waals surface area contributed by atoms with Crippen LogP contribution in [-0.4, -0.2) is 43.8 Å². The van der Waals surface area contributed by atoms with Crippen LogP contribution in [0, 0.1) is 0 Å². The highest BCUT2D eigenvalue weighted by Crippen LogP contribution is 2.36. The minimum atomic E-state index is -0.145. The number of fused-ring (bicyclic) bond motifs is 3. The van der Waals surface area contributed by atoms with Gasteiger partial charge in [-0.05, 0) is 31.9 Å². The maximum absolute atomic E-state index is 12.8. The lowest BCUT2D eigenvalue weighted by Gasteiger charge is -2.32. The van der Waals surface area contributed by atoms with Crippen molar-refractivity contribution in [2.45, 2.75) is 25.9 Å². The number of nitrogens with zero attached hydrogens (tertiary/aromatic N) is 1. The first kappa shape index (κ1) is 17.7. The molecule has 0 bridgehead atoms. The standard InChI is InChI=1S/C21H24N2O4/c1-3-26-14-7-6-10-23(13-14)21(24)22-17-12-19-16(11-20(17)25-2)15-8-4-5-9-18(15)27-19/h4-5,8-9,11-12,14H,3,6-7,10,13H2,1-2H3,(H,22,24)/t14-/m1/s1. The van der Waals surface area contributed by atoms with Crippen molar-refractivity contribution in [3.63, 3.8) is 0 Å². The Balaban J connectivity index is 1.61. The molecule has 1 aliphatic heterocycles. The van der Waals surface area contributed by atoms with E-state index in [-0.39, 0.29) is 12.1 Å². The van der Waals surface area contributed by atoms with Gasteiger partial charge in [0, 0.05) is 36.5 Å². The van der Waals surface area contributed by atoms with Crippen LogP contribution in [0.15, 0.2) is 40.8 Å². The first-order valence-corrected chi connectivity index (χ1v) is 9.36. The van der Waals surface area contributed by atoms with Crippen molar-refractivity contribution in [3.05, 3.63) is 36.4 Å². The molecule has 27 heavy (non-hydrogen) atoms. The number of para-hydroxylation sites is 1. The highest BCUT2D eigenvalue weighted by molar-refractivity contribution is 6.07. The molecule has 6 heteroatoms. The van der Waals surface area contributed by atoms with Crippen LogP contribution in [0.2, 0.25) is 0 Å².